The zero-order valence-electron chi connectivity index (χ0n) is 16.1. The van der Waals surface area contributed by atoms with Crippen LogP contribution in [0.2, 0.25) is 0 Å². The molecule has 9 heteroatoms. The van der Waals surface area contributed by atoms with E-state index in [9.17, 15) is 9.59 Å². The molecule has 0 aliphatic carbocycles. The van der Waals surface area contributed by atoms with Gasteiger partial charge in [-0.3, -0.25) is 9.59 Å². The van der Waals surface area contributed by atoms with E-state index < -0.39 is 0 Å². The SMILES string of the molecule is COCC(=O)N1CCC(C(=O)N2CCN(c3cc(C)nc(N)n3)CC2)CC1. The van der Waals surface area contributed by atoms with Gasteiger partial charge in [0.25, 0.3) is 0 Å². The molecule has 0 aromatic carbocycles. The number of nitrogen functional groups attached to an aromatic ring is 1. The summed E-state index contributed by atoms with van der Waals surface area (Å²) in [4.78, 5) is 39.0. The third-order valence-electron chi connectivity index (χ3n) is 5.24. The summed E-state index contributed by atoms with van der Waals surface area (Å²) in [6.07, 6.45) is 1.44. The lowest BCUT2D eigenvalue weighted by molar-refractivity contribution is -0.142. The van der Waals surface area contributed by atoms with E-state index in [-0.39, 0.29) is 30.3 Å². The van der Waals surface area contributed by atoms with Crippen LogP contribution in [0.4, 0.5) is 11.8 Å². The van der Waals surface area contributed by atoms with Crippen LogP contribution < -0.4 is 10.6 Å². The Bertz CT molecular complexity index is 661. The summed E-state index contributed by atoms with van der Waals surface area (Å²) >= 11 is 0. The number of piperazine rings is 1. The van der Waals surface area contributed by atoms with Crippen molar-refractivity contribution < 1.29 is 14.3 Å². The molecule has 2 aliphatic rings. The molecule has 2 N–H and O–H groups in total. The van der Waals surface area contributed by atoms with Crippen LogP contribution in [0, 0.1) is 12.8 Å². The molecular formula is C18H28N6O3. The van der Waals surface area contributed by atoms with Gasteiger partial charge in [0.15, 0.2) is 0 Å². The molecule has 0 spiro atoms. The molecule has 1 aromatic heterocycles. The van der Waals surface area contributed by atoms with Crippen LogP contribution in [0.25, 0.3) is 0 Å². The largest absolute Gasteiger partial charge is 0.375 e. The van der Waals surface area contributed by atoms with Crippen molar-refractivity contribution in [1.29, 1.82) is 0 Å². The van der Waals surface area contributed by atoms with Crippen LogP contribution in [-0.2, 0) is 14.3 Å². The zero-order valence-corrected chi connectivity index (χ0v) is 16.1. The Kier molecular flexibility index (Phi) is 6.10. The molecule has 0 radical (unpaired) electrons. The van der Waals surface area contributed by atoms with Crippen molar-refractivity contribution in [1.82, 2.24) is 19.8 Å². The lowest BCUT2D eigenvalue weighted by atomic mass is 9.95. The van der Waals surface area contributed by atoms with Gasteiger partial charge in [0.2, 0.25) is 17.8 Å². The van der Waals surface area contributed by atoms with Crippen molar-refractivity contribution in [3.8, 4) is 0 Å². The van der Waals surface area contributed by atoms with Crippen molar-refractivity contribution in [3.05, 3.63) is 11.8 Å². The van der Waals surface area contributed by atoms with Gasteiger partial charge >= 0.3 is 0 Å². The number of hydrogen-bond donors (Lipinski definition) is 1. The molecule has 0 unspecified atom stereocenters. The maximum Gasteiger partial charge on any atom is 0.248 e. The third kappa shape index (κ3) is 4.65. The average molecular weight is 376 g/mol. The highest BCUT2D eigenvalue weighted by Crippen LogP contribution is 2.22. The second kappa shape index (κ2) is 8.51. The predicted octanol–water partition coefficient (Wildman–Crippen LogP) is -0.0992. The first-order chi connectivity index (χ1) is 13.0. The monoisotopic (exact) mass is 376 g/mol. The van der Waals surface area contributed by atoms with Gasteiger partial charge < -0.3 is 25.2 Å². The molecule has 2 aliphatic heterocycles. The number of rotatable bonds is 4. The maximum absolute atomic E-state index is 12.8. The molecule has 3 heterocycles. The summed E-state index contributed by atoms with van der Waals surface area (Å²) in [5, 5.41) is 0. The summed E-state index contributed by atoms with van der Waals surface area (Å²) < 4.78 is 4.90. The minimum Gasteiger partial charge on any atom is -0.375 e. The molecule has 9 nitrogen and oxygen atoms in total. The summed E-state index contributed by atoms with van der Waals surface area (Å²) in [6.45, 7) is 6.05. The first-order valence-corrected chi connectivity index (χ1v) is 9.39. The predicted molar refractivity (Wildman–Crippen MR) is 101 cm³/mol. The average Bonchev–Trinajstić information content (AvgIpc) is 2.67. The topological polar surface area (TPSA) is 105 Å². The Labute approximate surface area is 159 Å². The molecule has 0 saturated carbocycles. The van der Waals surface area contributed by atoms with Crippen molar-refractivity contribution in [2.24, 2.45) is 5.92 Å². The van der Waals surface area contributed by atoms with E-state index in [1.54, 1.807) is 4.90 Å². The highest BCUT2D eigenvalue weighted by atomic mass is 16.5. The lowest BCUT2D eigenvalue weighted by Crippen LogP contribution is -2.52. The summed E-state index contributed by atoms with van der Waals surface area (Å²) in [6, 6.07) is 1.92. The van der Waals surface area contributed by atoms with Gasteiger partial charge in [0.05, 0.1) is 0 Å². The van der Waals surface area contributed by atoms with Crippen LogP contribution in [0.3, 0.4) is 0 Å². The number of aryl methyl sites for hydroxylation is 1. The van der Waals surface area contributed by atoms with Crippen LogP contribution in [0.15, 0.2) is 6.07 Å². The van der Waals surface area contributed by atoms with Gasteiger partial charge in [-0.15, -0.1) is 0 Å². The minimum atomic E-state index is -0.00330. The molecule has 0 atom stereocenters. The van der Waals surface area contributed by atoms with Crippen LogP contribution in [0.5, 0.6) is 0 Å². The number of methoxy groups -OCH3 is 1. The van der Waals surface area contributed by atoms with Gasteiger partial charge in [-0.2, -0.15) is 4.98 Å². The van der Waals surface area contributed by atoms with Crippen LogP contribution >= 0.6 is 0 Å². The second-order valence-electron chi connectivity index (χ2n) is 7.13. The molecular weight excluding hydrogens is 348 g/mol. The fraction of sp³-hybridized carbons (Fsp3) is 0.667. The van der Waals surface area contributed by atoms with Crippen molar-refractivity contribution in [2.45, 2.75) is 19.8 Å². The number of piperidine rings is 1. The van der Waals surface area contributed by atoms with E-state index >= 15 is 0 Å². The number of carbonyl (C=O) groups excluding carboxylic acids is 2. The highest BCUT2D eigenvalue weighted by Gasteiger charge is 2.31. The fourth-order valence-electron chi connectivity index (χ4n) is 3.74. The summed E-state index contributed by atoms with van der Waals surface area (Å²) in [7, 11) is 1.52. The summed E-state index contributed by atoms with van der Waals surface area (Å²) in [5.74, 6) is 1.29. The number of hydrogen-bond acceptors (Lipinski definition) is 7. The number of nitrogens with two attached hydrogens (primary N) is 1. The Hall–Kier alpha value is -2.42. The molecule has 3 rings (SSSR count). The second-order valence-corrected chi connectivity index (χ2v) is 7.13. The number of nitrogens with zero attached hydrogens (tertiary/aromatic N) is 5. The molecule has 2 amide bonds. The Morgan fingerprint density at radius 3 is 2.37 bits per heavy atom. The molecule has 2 saturated heterocycles. The van der Waals surface area contributed by atoms with Gasteiger partial charge in [0, 0.05) is 64.1 Å². The highest BCUT2D eigenvalue weighted by molar-refractivity contribution is 5.80. The molecule has 2 fully saturated rings. The zero-order chi connectivity index (χ0) is 19.4. The van der Waals surface area contributed by atoms with E-state index in [2.05, 4.69) is 14.9 Å². The van der Waals surface area contributed by atoms with Crippen molar-refractivity contribution in [3.63, 3.8) is 0 Å². The Morgan fingerprint density at radius 1 is 1.11 bits per heavy atom. The lowest BCUT2D eigenvalue weighted by Gasteiger charge is -2.39. The minimum absolute atomic E-state index is 0.0000778. The quantitative estimate of drug-likeness (QED) is 0.782. The number of likely N-dealkylation sites (tertiary alicyclic amines) is 1. The molecule has 1 aromatic rings. The molecule has 27 heavy (non-hydrogen) atoms. The smallest absolute Gasteiger partial charge is 0.248 e. The van der Waals surface area contributed by atoms with Crippen LogP contribution in [0.1, 0.15) is 18.5 Å². The fourth-order valence-corrected chi connectivity index (χ4v) is 3.74. The van der Waals surface area contributed by atoms with E-state index in [1.807, 2.05) is 17.9 Å². The molecule has 148 valence electrons. The number of amides is 2. The number of aromatic nitrogens is 2. The van der Waals surface area contributed by atoms with Gasteiger partial charge in [-0.1, -0.05) is 0 Å². The molecule has 0 bridgehead atoms. The van der Waals surface area contributed by atoms with Crippen molar-refractivity contribution >= 4 is 23.6 Å². The van der Waals surface area contributed by atoms with Crippen LogP contribution in [-0.4, -0.2) is 84.6 Å². The maximum atomic E-state index is 12.8. The Balaban J connectivity index is 1.50. The van der Waals surface area contributed by atoms with E-state index in [0.29, 0.717) is 26.2 Å². The number of ether oxygens (including phenoxy) is 1. The van der Waals surface area contributed by atoms with Crippen molar-refractivity contribution in [2.75, 3.05) is 63.6 Å². The first kappa shape index (κ1) is 19.3. The number of carbonyl (C=O) groups is 2. The normalized spacial score (nSPS) is 18.7. The van der Waals surface area contributed by atoms with E-state index in [0.717, 1.165) is 37.4 Å². The van der Waals surface area contributed by atoms with Gasteiger partial charge in [0.1, 0.15) is 12.4 Å². The van der Waals surface area contributed by atoms with E-state index in [4.69, 9.17) is 10.5 Å². The first-order valence-electron chi connectivity index (χ1n) is 9.39. The van der Waals surface area contributed by atoms with Gasteiger partial charge in [-0.05, 0) is 19.8 Å². The number of anilines is 2. The standard InChI is InChI=1S/C18H28N6O3/c1-13-11-15(21-18(19)20-13)22-7-9-24(10-8-22)17(26)14-3-5-23(6-4-14)16(25)12-27-2/h11,14H,3-10,12H2,1-2H3,(H2,19,20,21). The summed E-state index contributed by atoms with van der Waals surface area (Å²) in [5.41, 5.74) is 6.58. The van der Waals surface area contributed by atoms with Gasteiger partial charge in [-0.25, -0.2) is 4.98 Å². The van der Waals surface area contributed by atoms with E-state index in [1.165, 1.54) is 7.11 Å². The Morgan fingerprint density at radius 2 is 1.78 bits per heavy atom. The third-order valence-corrected chi connectivity index (χ3v) is 5.24.